The monoisotopic (exact) mass is 341 g/mol. The molecule has 3 atom stereocenters. The fraction of sp³-hybridized carbons (Fsp3) is 0.263. The van der Waals surface area contributed by atoms with Crippen molar-refractivity contribution < 1.29 is 23.5 Å². The average molecular weight is 341 g/mol. The minimum Gasteiger partial charge on any atom is -0.465 e. The van der Waals surface area contributed by atoms with Crippen LogP contribution in [-0.4, -0.2) is 18.7 Å². The van der Waals surface area contributed by atoms with Gasteiger partial charge in [0.1, 0.15) is 12.4 Å². The Balaban J connectivity index is 1.36. The van der Waals surface area contributed by atoms with Crippen molar-refractivity contribution in [2.75, 3.05) is 11.9 Å². The smallest absolute Gasteiger partial charge is 0.411 e. The second kappa shape index (κ2) is 6.20. The topological polar surface area (TPSA) is 64.6 Å². The number of fused-ring (bicyclic) bond motifs is 1. The largest absolute Gasteiger partial charge is 0.465 e. The maximum Gasteiger partial charge on any atom is 0.411 e. The van der Waals surface area contributed by atoms with Crippen LogP contribution in [0.5, 0.6) is 0 Å². The third-order valence-electron chi connectivity index (χ3n) is 4.68. The van der Waals surface area contributed by atoms with Crippen LogP contribution < -0.4 is 5.32 Å². The summed E-state index contributed by atoms with van der Waals surface area (Å²) in [6.45, 7) is 0.500. The SMILES string of the molecule is O=C(Nc1ccc([C@H]2[C@@H]3COC(=O)[C@@H]32)c(F)c1)OCc1ccccc1. The van der Waals surface area contributed by atoms with Crippen molar-refractivity contribution in [2.24, 2.45) is 11.8 Å². The third kappa shape index (κ3) is 3.07. The van der Waals surface area contributed by atoms with Crippen molar-refractivity contribution in [3.8, 4) is 0 Å². The molecule has 5 nitrogen and oxygen atoms in total. The molecule has 2 aliphatic rings. The van der Waals surface area contributed by atoms with E-state index in [0.29, 0.717) is 17.9 Å². The fourth-order valence-electron chi connectivity index (χ4n) is 3.35. The summed E-state index contributed by atoms with van der Waals surface area (Å²) in [6.07, 6.45) is -0.650. The van der Waals surface area contributed by atoms with E-state index in [-0.39, 0.29) is 30.3 Å². The first kappa shape index (κ1) is 15.6. The van der Waals surface area contributed by atoms with Crippen LogP contribution in [0, 0.1) is 17.7 Å². The highest BCUT2D eigenvalue weighted by atomic mass is 19.1. The number of rotatable bonds is 4. The van der Waals surface area contributed by atoms with Gasteiger partial charge in [0, 0.05) is 17.5 Å². The van der Waals surface area contributed by atoms with E-state index >= 15 is 0 Å². The number of nitrogens with one attached hydrogen (secondary N) is 1. The number of hydrogen-bond acceptors (Lipinski definition) is 4. The lowest BCUT2D eigenvalue weighted by Crippen LogP contribution is -2.14. The summed E-state index contributed by atoms with van der Waals surface area (Å²) in [7, 11) is 0. The second-order valence-corrected chi connectivity index (χ2v) is 6.27. The van der Waals surface area contributed by atoms with Gasteiger partial charge < -0.3 is 9.47 Å². The van der Waals surface area contributed by atoms with Gasteiger partial charge in [-0.05, 0) is 23.3 Å². The zero-order valence-electron chi connectivity index (χ0n) is 13.3. The molecule has 128 valence electrons. The highest BCUT2D eigenvalue weighted by Crippen LogP contribution is 2.58. The molecular weight excluding hydrogens is 325 g/mol. The Kier molecular flexibility index (Phi) is 3.87. The van der Waals surface area contributed by atoms with Gasteiger partial charge in [0.15, 0.2) is 0 Å². The van der Waals surface area contributed by atoms with Crippen molar-refractivity contribution in [2.45, 2.75) is 12.5 Å². The molecule has 6 heteroatoms. The molecule has 1 N–H and O–H groups in total. The number of ether oxygens (including phenoxy) is 2. The van der Waals surface area contributed by atoms with Crippen molar-refractivity contribution in [1.82, 2.24) is 0 Å². The number of halogens is 1. The lowest BCUT2D eigenvalue weighted by molar-refractivity contribution is -0.141. The minimum absolute atomic E-state index is 0.0802. The van der Waals surface area contributed by atoms with E-state index in [1.165, 1.54) is 6.07 Å². The Bertz CT molecular complexity index is 823. The fourth-order valence-corrected chi connectivity index (χ4v) is 3.35. The zero-order valence-corrected chi connectivity index (χ0v) is 13.3. The molecule has 1 heterocycles. The number of esters is 1. The number of carbonyl (C=O) groups excluding carboxylic acids is 2. The highest BCUT2D eigenvalue weighted by Gasteiger charge is 2.61. The number of benzene rings is 2. The van der Waals surface area contributed by atoms with E-state index < -0.39 is 11.9 Å². The molecule has 1 aliphatic carbocycles. The first-order valence-electron chi connectivity index (χ1n) is 8.07. The summed E-state index contributed by atoms with van der Waals surface area (Å²) in [4.78, 5) is 23.3. The molecule has 1 saturated heterocycles. The lowest BCUT2D eigenvalue weighted by atomic mass is 10.1. The van der Waals surface area contributed by atoms with Gasteiger partial charge in [0.05, 0.1) is 12.5 Å². The summed E-state index contributed by atoms with van der Waals surface area (Å²) in [5.74, 6) is -0.935. The van der Waals surface area contributed by atoms with Gasteiger partial charge in [-0.1, -0.05) is 36.4 Å². The molecule has 2 aromatic rings. The van der Waals surface area contributed by atoms with E-state index in [1.807, 2.05) is 30.3 Å². The van der Waals surface area contributed by atoms with Crippen LogP contribution in [0.4, 0.5) is 14.9 Å². The summed E-state index contributed by atoms with van der Waals surface area (Å²) < 4.78 is 24.3. The Morgan fingerprint density at radius 2 is 2.00 bits per heavy atom. The number of cyclic esters (lactones) is 1. The number of hydrogen-bond donors (Lipinski definition) is 1. The van der Waals surface area contributed by atoms with Crippen LogP contribution >= 0.6 is 0 Å². The molecule has 0 radical (unpaired) electrons. The molecule has 0 bridgehead atoms. The number of amides is 1. The molecular formula is C19H16FNO4. The molecule has 25 heavy (non-hydrogen) atoms. The maximum absolute atomic E-state index is 14.3. The van der Waals surface area contributed by atoms with E-state index in [1.54, 1.807) is 12.1 Å². The van der Waals surface area contributed by atoms with Crippen LogP contribution in [0.2, 0.25) is 0 Å². The standard InChI is InChI=1S/C19H16FNO4/c20-15-8-12(21-19(23)25-9-11-4-2-1-3-5-11)6-7-13(15)16-14-10-24-18(22)17(14)16/h1-8,14,16-17H,9-10H2,(H,21,23)/t14-,16-,17-/m0/s1. The summed E-state index contributed by atoms with van der Waals surface area (Å²) in [6, 6.07) is 13.8. The van der Waals surface area contributed by atoms with Gasteiger partial charge in [-0.3, -0.25) is 10.1 Å². The van der Waals surface area contributed by atoms with Crippen LogP contribution in [0.25, 0.3) is 0 Å². The summed E-state index contributed by atoms with van der Waals surface area (Å²) in [5, 5.41) is 2.51. The molecule has 0 spiro atoms. The Morgan fingerprint density at radius 1 is 1.20 bits per heavy atom. The predicted octanol–water partition coefficient (Wildman–Crippen LogP) is 3.46. The molecule has 2 fully saturated rings. The van der Waals surface area contributed by atoms with E-state index in [9.17, 15) is 14.0 Å². The Morgan fingerprint density at radius 3 is 2.68 bits per heavy atom. The van der Waals surface area contributed by atoms with Gasteiger partial charge in [-0.15, -0.1) is 0 Å². The molecule has 1 aliphatic heterocycles. The van der Waals surface area contributed by atoms with Gasteiger partial charge in [-0.2, -0.15) is 0 Å². The minimum atomic E-state index is -0.650. The van der Waals surface area contributed by atoms with Gasteiger partial charge in [0.2, 0.25) is 0 Å². The van der Waals surface area contributed by atoms with Crippen LogP contribution in [0.15, 0.2) is 48.5 Å². The summed E-state index contributed by atoms with van der Waals surface area (Å²) in [5.41, 5.74) is 1.67. The van der Waals surface area contributed by atoms with E-state index in [0.717, 1.165) is 5.56 Å². The van der Waals surface area contributed by atoms with Gasteiger partial charge >= 0.3 is 12.1 Å². The normalized spacial score (nSPS) is 23.6. The second-order valence-electron chi connectivity index (χ2n) is 6.27. The molecule has 4 rings (SSSR count). The van der Waals surface area contributed by atoms with Crippen LogP contribution in [0.1, 0.15) is 17.0 Å². The average Bonchev–Trinajstić information content (AvgIpc) is 3.21. The Hall–Kier alpha value is -2.89. The lowest BCUT2D eigenvalue weighted by Gasteiger charge is -2.10. The highest BCUT2D eigenvalue weighted by molar-refractivity contribution is 5.85. The molecule has 2 aromatic carbocycles. The van der Waals surface area contributed by atoms with Crippen molar-refractivity contribution in [3.05, 3.63) is 65.5 Å². The molecule has 1 saturated carbocycles. The van der Waals surface area contributed by atoms with E-state index in [2.05, 4.69) is 5.32 Å². The quantitative estimate of drug-likeness (QED) is 0.865. The van der Waals surface area contributed by atoms with Gasteiger partial charge in [-0.25, -0.2) is 9.18 Å². The van der Waals surface area contributed by atoms with Crippen LogP contribution in [-0.2, 0) is 20.9 Å². The first-order chi connectivity index (χ1) is 12.1. The van der Waals surface area contributed by atoms with E-state index in [4.69, 9.17) is 9.47 Å². The number of carbonyl (C=O) groups is 2. The van der Waals surface area contributed by atoms with Crippen LogP contribution in [0.3, 0.4) is 0 Å². The molecule has 0 unspecified atom stereocenters. The molecule has 1 amide bonds. The number of anilines is 1. The van der Waals surface area contributed by atoms with Crippen molar-refractivity contribution in [3.63, 3.8) is 0 Å². The first-order valence-corrected chi connectivity index (χ1v) is 8.07. The summed E-state index contributed by atoms with van der Waals surface area (Å²) >= 11 is 0. The van der Waals surface area contributed by atoms with Gasteiger partial charge in [0.25, 0.3) is 0 Å². The molecule has 0 aromatic heterocycles. The van der Waals surface area contributed by atoms with Crippen molar-refractivity contribution in [1.29, 1.82) is 0 Å². The zero-order chi connectivity index (χ0) is 17.4. The maximum atomic E-state index is 14.3. The Labute approximate surface area is 143 Å². The van der Waals surface area contributed by atoms with Crippen molar-refractivity contribution >= 4 is 17.7 Å². The third-order valence-corrected chi connectivity index (χ3v) is 4.68. The predicted molar refractivity (Wildman–Crippen MR) is 87.3 cm³/mol.